The van der Waals surface area contributed by atoms with Crippen molar-refractivity contribution in [1.29, 1.82) is 0 Å². The molecule has 0 bridgehead atoms. The lowest BCUT2D eigenvalue weighted by Crippen LogP contribution is -2.29. The Balaban J connectivity index is 2.19. The summed E-state index contributed by atoms with van der Waals surface area (Å²) in [7, 11) is -3.47. The highest BCUT2D eigenvalue weighted by Gasteiger charge is 2.19. The third-order valence-electron chi connectivity index (χ3n) is 4.12. The van der Waals surface area contributed by atoms with Gasteiger partial charge in [0.15, 0.2) is 0 Å². The second-order valence-corrected chi connectivity index (χ2v) is 8.01. The van der Waals surface area contributed by atoms with E-state index in [0.717, 1.165) is 18.4 Å². The molecule has 0 saturated heterocycles. The average Bonchev–Trinajstić information content (AvgIpc) is 2.65. The Morgan fingerprint density at radius 3 is 2.31 bits per heavy atom. The molecule has 26 heavy (non-hydrogen) atoms. The van der Waals surface area contributed by atoms with Gasteiger partial charge in [-0.3, -0.25) is 9.52 Å². The van der Waals surface area contributed by atoms with Crippen molar-refractivity contribution in [2.24, 2.45) is 0 Å². The molecule has 5 nitrogen and oxygen atoms in total. The van der Waals surface area contributed by atoms with Crippen LogP contribution in [0.4, 0.5) is 5.69 Å². The summed E-state index contributed by atoms with van der Waals surface area (Å²) in [5.41, 5.74) is 1.65. The van der Waals surface area contributed by atoms with Crippen molar-refractivity contribution in [2.75, 3.05) is 10.5 Å². The number of hydrogen-bond donors (Lipinski definition) is 2. The predicted octanol–water partition coefficient (Wildman–Crippen LogP) is 4.11. The lowest BCUT2D eigenvalue weighted by molar-refractivity contribution is 0.0936. The second-order valence-electron chi connectivity index (χ2n) is 6.17. The maximum absolute atomic E-state index is 12.8. The van der Waals surface area contributed by atoms with Crippen LogP contribution < -0.4 is 10.0 Å². The molecule has 2 aromatic rings. The number of unbranched alkanes of at least 4 members (excludes halogenated alkanes) is 1. The minimum absolute atomic E-state index is 0.0427. The molecule has 0 aromatic heterocycles. The number of rotatable bonds is 9. The Kier molecular flexibility index (Phi) is 7.21. The SMILES string of the molecule is CCCCS(=O)(=O)Nc1ccccc1C(=O)N[C@@H](CC)c1ccccc1. The second kappa shape index (κ2) is 9.38. The molecule has 0 heterocycles. The fourth-order valence-corrected chi connectivity index (χ4v) is 3.95. The third-order valence-corrected chi connectivity index (χ3v) is 5.48. The van der Waals surface area contributed by atoms with Crippen molar-refractivity contribution in [3.8, 4) is 0 Å². The van der Waals surface area contributed by atoms with Crippen LogP contribution in [0.2, 0.25) is 0 Å². The zero-order chi connectivity index (χ0) is 19.0. The molecular weight excluding hydrogens is 348 g/mol. The molecule has 140 valence electrons. The summed E-state index contributed by atoms with van der Waals surface area (Å²) in [5.74, 6) is -0.254. The van der Waals surface area contributed by atoms with Crippen LogP contribution in [0, 0.1) is 0 Å². The zero-order valence-corrected chi connectivity index (χ0v) is 16.1. The summed E-state index contributed by atoms with van der Waals surface area (Å²) in [4.78, 5) is 12.8. The first-order valence-electron chi connectivity index (χ1n) is 8.92. The van der Waals surface area contributed by atoms with Crippen LogP contribution in [0.5, 0.6) is 0 Å². The smallest absolute Gasteiger partial charge is 0.253 e. The van der Waals surface area contributed by atoms with Crippen molar-refractivity contribution in [1.82, 2.24) is 5.32 Å². The standard InChI is InChI=1S/C20H26N2O3S/c1-3-5-15-26(24,25)22-19-14-10-9-13-17(19)20(23)21-18(4-2)16-11-7-6-8-12-16/h6-14,18,22H,3-5,15H2,1-2H3,(H,21,23)/t18-/m0/s1. The van der Waals surface area contributed by atoms with Crippen molar-refractivity contribution >= 4 is 21.6 Å². The monoisotopic (exact) mass is 374 g/mol. The van der Waals surface area contributed by atoms with Gasteiger partial charge in [0.1, 0.15) is 0 Å². The highest BCUT2D eigenvalue weighted by molar-refractivity contribution is 7.92. The molecule has 0 spiro atoms. The summed E-state index contributed by atoms with van der Waals surface area (Å²) < 4.78 is 26.9. The van der Waals surface area contributed by atoms with E-state index in [0.29, 0.717) is 17.7 Å². The van der Waals surface area contributed by atoms with E-state index in [1.54, 1.807) is 24.3 Å². The molecule has 0 unspecified atom stereocenters. The summed E-state index contributed by atoms with van der Waals surface area (Å²) in [5, 5.41) is 2.99. The quantitative estimate of drug-likeness (QED) is 0.693. The number of carbonyl (C=O) groups excluding carboxylic acids is 1. The van der Waals surface area contributed by atoms with Gasteiger partial charge in [-0.2, -0.15) is 0 Å². The van der Waals surface area contributed by atoms with Gasteiger partial charge in [-0.1, -0.05) is 62.7 Å². The van der Waals surface area contributed by atoms with E-state index >= 15 is 0 Å². The van der Waals surface area contributed by atoms with Crippen molar-refractivity contribution in [3.05, 3.63) is 65.7 Å². The molecule has 1 amide bonds. The highest BCUT2D eigenvalue weighted by Crippen LogP contribution is 2.21. The van der Waals surface area contributed by atoms with Crippen LogP contribution in [0.3, 0.4) is 0 Å². The molecule has 2 N–H and O–H groups in total. The van der Waals surface area contributed by atoms with Crippen molar-refractivity contribution in [2.45, 2.75) is 39.2 Å². The number of benzene rings is 2. The number of anilines is 1. The van der Waals surface area contributed by atoms with Crippen LogP contribution in [-0.4, -0.2) is 20.1 Å². The Morgan fingerprint density at radius 1 is 1.00 bits per heavy atom. The number of amides is 1. The van der Waals surface area contributed by atoms with Crippen LogP contribution in [0.25, 0.3) is 0 Å². The van der Waals surface area contributed by atoms with Gasteiger partial charge in [-0.25, -0.2) is 8.42 Å². The van der Waals surface area contributed by atoms with Gasteiger partial charge in [0.25, 0.3) is 5.91 Å². The fraction of sp³-hybridized carbons (Fsp3) is 0.350. The first-order valence-corrected chi connectivity index (χ1v) is 10.6. The number of para-hydroxylation sites is 1. The molecular formula is C20H26N2O3S. The first kappa shape index (κ1) is 20.0. The Morgan fingerprint density at radius 2 is 1.65 bits per heavy atom. The van der Waals surface area contributed by atoms with Crippen LogP contribution in [0.15, 0.2) is 54.6 Å². The predicted molar refractivity (Wildman–Crippen MR) is 106 cm³/mol. The fourth-order valence-electron chi connectivity index (χ4n) is 2.67. The van der Waals surface area contributed by atoms with Crippen LogP contribution in [0.1, 0.15) is 55.1 Å². The molecule has 2 aromatic carbocycles. The van der Waals surface area contributed by atoms with E-state index in [2.05, 4.69) is 10.0 Å². The number of nitrogens with one attached hydrogen (secondary N) is 2. The lowest BCUT2D eigenvalue weighted by atomic mass is 10.0. The molecule has 0 radical (unpaired) electrons. The minimum Gasteiger partial charge on any atom is -0.345 e. The normalized spacial score (nSPS) is 12.4. The Hall–Kier alpha value is -2.34. The highest BCUT2D eigenvalue weighted by atomic mass is 32.2. The summed E-state index contributed by atoms with van der Waals surface area (Å²) in [6.07, 6.45) is 2.11. The van der Waals surface area contributed by atoms with E-state index in [4.69, 9.17) is 0 Å². The molecule has 0 saturated carbocycles. The number of carbonyl (C=O) groups is 1. The van der Waals surface area contributed by atoms with E-state index in [1.165, 1.54) is 0 Å². The van der Waals surface area contributed by atoms with Gasteiger partial charge in [-0.05, 0) is 30.5 Å². The zero-order valence-electron chi connectivity index (χ0n) is 15.2. The maximum atomic E-state index is 12.8. The molecule has 6 heteroatoms. The number of sulfonamides is 1. The summed E-state index contributed by atoms with van der Waals surface area (Å²) in [6.45, 7) is 3.93. The van der Waals surface area contributed by atoms with E-state index in [-0.39, 0.29) is 17.7 Å². The Bertz CT molecular complexity index is 820. The topological polar surface area (TPSA) is 75.3 Å². The Labute approximate surface area is 155 Å². The lowest BCUT2D eigenvalue weighted by Gasteiger charge is -2.19. The van der Waals surface area contributed by atoms with E-state index in [9.17, 15) is 13.2 Å². The van der Waals surface area contributed by atoms with Crippen LogP contribution >= 0.6 is 0 Å². The average molecular weight is 375 g/mol. The maximum Gasteiger partial charge on any atom is 0.253 e. The van der Waals surface area contributed by atoms with Gasteiger partial charge in [0.2, 0.25) is 10.0 Å². The first-order chi connectivity index (χ1) is 12.5. The van der Waals surface area contributed by atoms with Gasteiger partial charge < -0.3 is 5.32 Å². The minimum atomic E-state index is -3.47. The molecule has 1 atom stereocenters. The van der Waals surface area contributed by atoms with E-state index < -0.39 is 10.0 Å². The molecule has 2 rings (SSSR count). The summed E-state index contributed by atoms with van der Waals surface area (Å²) >= 11 is 0. The molecule has 0 aliphatic heterocycles. The summed E-state index contributed by atoms with van der Waals surface area (Å²) in [6, 6.07) is 16.3. The number of hydrogen-bond acceptors (Lipinski definition) is 3. The van der Waals surface area contributed by atoms with Crippen molar-refractivity contribution in [3.63, 3.8) is 0 Å². The molecule has 0 aliphatic carbocycles. The van der Waals surface area contributed by atoms with Gasteiger partial charge in [0, 0.05) is 0 Å². The van der Waals surface area contributed by atoms with Crippen molar-refractivity contribution < 1.29 is 13.2 Å². The molecule has 0 fully saturated rings. The van der Waals surface area contributed by atoms with Gasteiger partial charge in [-0.15, -0.1) is 0 Å². The van der Waals surface area contributed by atoms with Gasteiger partial charge in [0.05, 0.1) is 23.0 Å². The largest absolute Gasteiger partial charge is 0.345 e. The molecule has 0 aliphatic rings. The van der Waals surface area contributed by atoms with E-state index in [1.807, 2.05) is 44.2 Å². The van der Waals surface area contributed by atoms with Crippen LogP contribution in [-0.2, 0) is 10.0 Å². The van der Waals surface area contributed by atoms with Gasteiger partial charge >= 0.3 is 0 Å². The third kappa shape index (κ3) is 5.59.